The van der Waals surface area contributed by atoms with Crippen molar-refractivity contribution in [2.24, 2.45) is 0 Å². The minimum atomic E-state index is 0.991. The summed E-state index contributed by atoms with van der Waals surface area (Å²) in [5.74, 6) is 0. The summed E-state index contributed by atoms with van der Waals surface area (Å²) in [6.07, 6.45) is 22.1. The summed E-state index contributed by atoms with van der Waals surface area (Å²) in [4.78, 5) is 11.4. The first kappa shape index (κ1) is 22.5. The number of rotatable bonds is 3. The molecular weight excluding hydrogens is 472 g/mol. The van der Waals surface area contributed by atoms with Gasteiger partial charge in [0.25, 0.3) is 0 Å². The van der Waals surface area contributed by atoms with Crippen LogP contribution in [-0.4, -0.2) is 19.5 Å². The van der Waals surface area contributed by atoms with E-state index in [-0.39, 0.29) is 0 Å². The van der Waals surface area contributed by atoms with Crippen LogP contribution >= 0.6 is 15.9 Å². The van der Waals surface area contributed by atoms with Crippen molar-refractivity contribution in [1.29, 1.82) is 0 Å². The number of hydrogen-bond acceptors (Lipinski definition) is 2. The molecule has 0 radical (unpaired) electrons. The largest absolute Gasteiger partial charge is 0.345 e. The van der Waals surface area contributed by atoms with Crippen LogP contribution < -0.4 is 0 Å². The van der Waals surface area contributed by atoms with Crippen LogP contribution in [0.25, 0.3) is 28.2 Å². The summed E-state index contributed by atoms with van der Waals surface area (Å²) >= 11 is 3.34. The number of nitrogens with zero attached hydrogens (tertiary/aromatic N) is 3. The van der Waals surface area contributed by atoms with Crippen LogP contribution in [-0.2, 0) is 0 Å². The van der Waals surface area contributed by atoms with E-state index in [2.05, 4.69) is 84.2 Å². The van der Waals surface area contributed by atoms with Crippen molar-refractivity contribution in [2.75, 3.05) is 0 Å². The van der Waals surface area contributed by atoms with Crippen LogP contribution in [0.1, 0.15) is 12.8 Å². The highest BCUT2D eigenvalue weighted by atomic mass is 79.9. The Morgan fingerprint density at radius 1 is 0.818 bits per heavy atom. The quantitative estimate of drug-likeness (QED) is 0.316. The van der Waals surface area contributed by atoms with E-state index in [4.69, 9.17) is 0 Å². The van der Waals surface area contributed by atoms with Crippen LogP contribution in [0.2, 0.25) is 0 Å². The molecule has 2 aliphatic rings. The molecule has 2 aliphatic carbocycles. The first-order valence-corrected chi connectivity index (χ1v) is 11.6. The minimum absolute atomic E-state index is 0.991. The van der Waals surface area contributed by atoms with Gasteiger partial charge in [0.05, 0.1) is 30.2 Å². The Morgan fingerprint density at radius 3 is 2.06 bits per heavy atom. The van der Waals surface area contributed by atoms with Gasteiger partial charge in [-0.3, -0.25) is 0 Å². The molecule has 0 spiro atoms. The maximum Gasteiger partial charge on any atom is 0.0997 e. The summed E-state index contributed by atoms with van der Waals surface area (Å²) in [5, 5.41) is 0. The molecule has 0 amide bonds. The van der Waals surface area contributed by atoms with Gasteiger partial charge in [0.15, 0.2) is 0 Å². The standard InChI is InChI=1S/C14H12N2.C9H8N2.C5H5Br/c1-2-6-12(7-3-1)14-10-16(11-15-14)13-8-4-5-9-13;1-2-4-8(5-3-1)9-6-10-7-11-9;6-5-3-1-2-4-5/h1-8,10-11H,9H2;1-7H,(H,10,11);1-3H,4H2. The molecule has 2 heterocycles. The number of H-pyrrole nitrogens is 1. The van der Waals surface area contributed by atoms with Crippen LogP contribution in [0.3, 0.4) is 0 Å². The van der Waals surface area contributed by atoms with E-state index < -0.39 is 0 Å². The number of allylic oxidation sites excluding steroid dienone is 8. The lowest BCUT2D eigenvalue weighted by atomic mass is 10.2. The third-order valence-electron chi connectivity index (χ3n) is 5.04. The lowest BCUT2D eigenvalue weighted by molar-refractivity contribution is 1.05. The summed E-state index contributed by atoms with van der Waals surface area (Å²) < 4.78 is 3.37. The number of aromatic nitrogens is 4. The lowest BCUT2D eigenvalue weighted by Crippen LogP contribution is -1.89. The summed E-state index contributed by atoms with van der Waals surface area (Å²) in [6, 6.07) is 20.4. The highest BCUT2D eigenvalue weighted by molar-refractivity contribution is 9.11. The van der Waals surface area contributed by atoms with Gasteiger partial charge in [0.1, 0.15) is 0 Å². The molecule has 2 aromatic heterocycles. The molecule has 5 heteroatoms. The average Bonchev–Trinajstić information content (AvgIpc) is 3.68. The van der Waals surface area contributed by atoms with Crippen LogP contribution in [0.5, 0.6) is 0 Å². The van der Waals surface area contributed by atoms with E-state index in [1.54, 1.807) is 6.33 Å². The Balaban J connectivity index is 0.000000132. The molecule has 0 bridgehead atoms. The molecule has 0 saturated carbocycles. The van der Waals surface area contributed by atoms with Crippen molar-refractivity contribution in [1.82, 2.24) is 19.5 Å². The SMILES string of the molecule is BrC1=CC=CC1.C1=CCC(n2cnc(-c3ccccc3)c2)=C1.c1ccc(-c2cnc[nH]2)cc1. The number of halogens is 1. The third-order valence-corrected chi connectivity index (χ3v) is 5.63. The van der Waals surface area contributed by atoms with Crippen molar-refractivity contribution in [3.63, 3.8) is 0 Å². The molecular formula is C28H25BrN4. The predicted molar refractivity (Wildman–Crippen MR) is 140 cm³/mol. The molecule has 164 valence electrons. The summed E-state index contributed by atoms with van der Waals surface area (Å²) in [7, 11) is 0. The first-order chi connectivity index (χ1) is 16.3. The number of hydrogen-bond donors (Lipinski definition) is 1. The Hall–Kier alpha value is -3.70. The van der Waals surface area contributed by atoms with Gasteiger partial charge in [-0.05, 0) is 22.5 Å². The Labute approximate surface area is 202 Å². The van der Waals surface area contributed by atoms with E-state index in [1.165, 1.54) is 15.7 Å². The second-order valence-corrected chi connectivity index (χ2v) is 8.42. The highest BCUT2D eigenvalue weighted by Crippen LogP contribution is 2.21. The van der Waals surface area contributed by atoms with E-state index in [0.717, 1.165) is 29.8 Å². The fourth-order valence-corrected chi connectivity index (χ4v) is 3.66. The summed E-state index contributed by atoms with van der Waals surface area (Å²) in [6.45, 7) is 0. The minimum Gasteiger partial charge on any atom is -0.345 e. The number of imidazole rings is 2. The first-order valence-electron chi connectivity index (χ1n) is 10.8. The summed E-state index contributed by atoms with van der Waals surface area (Å²) in [5.41, 5.74) is 5.69. The van der Waals surface area contributed by atoms with Gasteiger partial charge in [-0.25, -0.2) is 9.97 Å². The van der Waals surface area contributed by atoms with Crippen LogP contribution in [0.4, 0.5) is 0 Å². The van der Waals surface area contributed by atoms with Crippen LogP contribution in [0.15, 0.2) is 127 Å². The van der Waals surface area contributed by atoms with Crippen LogP contribution in [0, 0.1) is 0 Å². The molecule has 0 aliphatic heterocycles. The number of aromatic amines is 1. The monoisotopic (exact) mass is 496 g/mol. The van der Waals surface area contributed by atoms with Crippen molar-refractivity contribution < 1.29 is 0 Å². The smallest absolute Gasteiger partial charge is 0.0997 e. The molecule has 0 atom stereocenters. The fraction of sp³-hybridized carbons (Fsp3) is 0.0714. The molecule has 0 saturated heterocycles. The zero-order valence-electron chi connectivity index (χ0n) is 18.2. The molecule has 1 N–H and O–H groups in total. The molecule has 4 aromatic rings. The van der Waals surface area contributed by atoms with Gasteiger partial charge in [-0.2, -0.15) is 0 Å². The van der Waals surface area contributed by atoms with E-state index >= 15 is 0 Å². The maximum absolute atomic E-state index is 4.43. The zero-order chi connectivity index (χ0) is 22.7. The molecule has 4 nitrogen and oxygen atoms in total. The lowest BCUT2D eigenvalue weighted by Gasteiger charge is -2.00. The van der Waals surface area contributed by atoms with Gasteiger partial charge in [-0.1, -0.05) is 107 Å². The zero-order valence-corrected chi connectivity index (χ0v) is 19.8. The second-order valence-electron chi connectivity index (χ2n) is 7.40. The normalized spacial score (nSPS) is 13.5. The van der Waals surface area contributed by atoms with Crippen molar-refractivity contribution in [3.05, 3.63) is 127 Å². The molecule has 2 aromatic carbocycles. The maximum atomic E-state index is 4.43. The van der Waals surface area contributed by atoms with Gasteiger partial charge in [0.2, 0.25) is 0 Å². The fourth-order valence-electron chi connectivity index (χ4n) is 3.32. The average molecular weight is 497 g/mol. The third kappa shape index (κ3) is 6.64. The van der Waals surface area contributed by atoms with Gasteiger partial charge in [0, 0.05) is 23.9 Å². The van der Waals surface area contributed by atoms with Crippen molar-refractivity contribution in [3.8, 4) is 22.5 Å². The van der Waals surface area contributed by atoms with E-state index in [9.17, 15) is 0 Å². The van der Waals surface area contributed by atoms with Crippen molar-refractivity contribution in [2.45, 2.75) is 12.8 Å². The second kappa shape index (κ2) is 11.8. The Kier molecular flexibility index (Phi) is 8.03. The van der Waals surface area contributed by atoms with E-state index in [0.29, 0.717) is 0 Å². The van der Waals surface area contributed by atoms with E-state index in [1.807, 2.05) is 67.1 Å². The number of nitrogens with one attached hydrogen (secondary N) is 1. The van der Waals surface area contributed by atoms with Gasteiger partial charge >= 0.3 is 0 Å². The Morgan fingerprint density at radius 2 is 1.52 bits per heavy atom. The molecule has 6 rings (SSSR count). The molecule has 33 heavy (non-hydrogen) atoms. The highest BCUT2D eigenvalue weighted by Gasteiger charge is 2.05. The molecule has 0 unspecified atom stereocenters. The van der Waals surface area contributed by atoms with Gasteiger partial charge < -0.3 is 9.55 Å². The molecule has 0 fully saturated rings. The number of benzene rings is 2. The predicted octanol–water partition coefficient (Wildman–Crippen LogP) is 7.65. The Bertz CT molecular complexity index is 1250. The van der Waals surface area contributed by atoms with Gasteiger partial charge in [-0.15, -0.1) is 0 Å². The van der Waals surface area contributed by atoms with Crippen molar-refractivity contribution >= 4 is 21.6 Å². The topological polar surface area (TPSA) is 46.5 Å².